The fourth-order valence-corrected chi connectivity index (χ4v) is 2.26. The van der Waals surface area contributed by atoms with Crippen LogP contribution in [0.3, 0.4) is 0 Å². The van der Waals surface area contributed by atoms with Crippen LogP contribution < -0.4 is 10.6 Å². The third-order valence-corrected chi connectivity index (χ3v) is 3.61. The smallest absolute Gasteiger partial charge is 0.274 e. The van der Waals surface area contributed by atoms with Gasteiger partial charge in [0, 0.05) is 16.8 Å². The zero-order valence-corrected chi connectivity index (χ0v) is 13.7. The van der Waals surface area contributed by atoms with Crippen LogP contribution >= 0.6 is 11.6 Å². The number of nitrogens with zero attached hydrogens (tertiary/aromatic N) is 2. The number of aryl methyl sites for hydroxylation is 1. The summed E-state index contributed by atoms with van der Waals surface area (Å²) in [4.78, 5) is 20.5. The number of aromatic nitrogens is 2. The zero-order chi connectivity index (χ0) is 16.9. The average Bonchev–Trinajstić information content (AvgIpc) is 3.10. The van der Waals surface area contributed by atoms with E-state index in [0.717, 1.165) is 11.3 Å². The Morgan fingerprint density at radius 3 is 2.92 bits per heavy atom. The van der Waals surface area contributed by atoms with E-state index >= 15 is 0 Å². The number of halogens is 1. The number of rotatable bonds is 5. The fourth-order valence-electron chi connectivity index (χ4n) is 2.08. The first-order chi connectivity index (χ1) is 11.6. The molecule has 0 unspecified atom stereocenters. The lowest BCUT2D eigenvalue weighted by molar-refractivity contribution is 0.102. The van der Waals surface area contributed by atoms with Crippen LogP contribution in [0.15, 0.2) is 53.4 Å². The molecule has 24 heavy (non-hydrogen) atoms. The van der Waals surface area contributed by atoms with Crippen LogP contribution in [0.5, 0.6) is 0 Å². The average molecular weight is 343 g/mol. The minimum absolute atomic E-state index is 0.256. The molecule has 2 heterocycles. The molecule has 122 valence electrons. The number of benzene rings is 1. The van der Waals surface area contributed by atoms with E-state index in [0.29, 0.717) is 23.1 Å². The number of hydrogen-bond acceptors (Lipinski definition) is 5. The Bertz CT molecular complexity index is 850. The maximum absolute atomic E-state index is 12.4. The molecule has 0 bridgehead atoms. The highest BCUT2D eigenvalue weighted by Gasteiger charge is 2.11. The minimum Gasteiger partial charge on any atom is -0.467 e. The van der Waals surface area contributed by atoms with Gasteiger partial charge in [0.25, 0.3) is 5.91 Å². The molecule has 1 aromatic carbocycles. The van der Waals surface area contributed by atoms with E-state index in [1.54, 1.807) is 24.5 Å². The lowest BCUT2D eigenvalue weighted by Gasteiger charge is -2.09. The number of carbonyl (C=O) groups is 1. The lowest BCUT2D eigenvalue weighted by atomic mass is 10.2. The van der Waals surface area contributed by atoms with Crippen molar-refractivity contribution in [2.75, 3.05) is 10.6 Å². The van der Waals surface area contributed by atoms with Crippen molar-refractivity contribution in [2.45, 2.75) is 13.5 Å². The van der Waals surface area contributed by atoms with Crippen LogP contribution in [0.25, 0.3) is 0 Å². The van der Waals surface area contributed by atoms with Crippen molar-refractivity contribution in [1.29, 1.82) is 0 Å². The van der Waals surface area contributed by atoms with Crippen molar-refractivity contribution in [3.05, 3.63) is 71.0 Å². The van der Waals surface area contributed by atoms with Gasteiger partial charge >= 0.3 is 0 Å². The van der Waals surface area contributed by atoms with E-state index in [9.17, 15) is 4.79 Å². The molecule has 1 amide bonds. The van der Waals surface area contributed by atoms with Gasteiger partial charge in [-0.25, -0.2) is 9.97 Å². The predicted molar refractivity (Wildman–Crippen MR) is 92.2 cm³/mol. The van der Waals surface area contributed by atoms with E-state index in [1.165, 1.54) is 6.33 Å². The summed E-state index contributed by atoms with van der Waals surface area (Å²) < 4.78 is 5.24. The van der Waals surface area contributed by atoms with Crippen LogP contribution in [-0.4, -0.2) is 15.9 Å². The van der Waals surface area contributed by atoms with Gasteiger partial charge in [-0.3, -0.25) is 4.79 Å². The van der Waals surface area contributed by atoms with Crippen LogP contribution in [0, 0.1) is 6.92 Å². The molecule has 0 atom stereocenters. The Balaban J connectivity index is 1.70. The van der Waals surface area contributed by atoms with Crippen LogP contribution in [0.2, 0.25) is 5.02 Å². The number of amides is 1. The second-order valence-electron chi connectivity index (χ2n) is 5.13. The molecule has 7 heteroatoms. The van der Waals surface area contributed by atoms with Crippen molar-refractivity contribution in [1.82, 2.24) is 9.97 Å². The van der Waals surface area contributed by atoms with E-state index < -0.39 is 0 Å². The zero-order valence-electron chi connectivity index (χ0n) is 12.9. The number of anilines is 2. The Morgan fingerprint density at radius 2 is 2.12 bits per heavy atom. The molecule has 0 radical (unpaired) electrons. The summed E-state index contributed by atoms with van der Waals surface area (Å²) in [5.74, 6) is 0.979. The van der Waals surface area contributed by atoms with Gasteiger partial charge in [-0.15, -0.1) is 0 Å². The monoisotopic (exact) mass is 342 g/mol. The largest absolute Gasteiger partial charge is 0.467 e. The summed E-state index contributed by atoms with van der Waals surface area (Å²) in [7, 11) is 0. The summed E-state index contributed by atoms with van der Waals surface area (Å²) in [5.41, 5.74) is 1.82. The van der Waals surface area contributed by atoms with Gasteiger partial charge in [-0.2, -0.15) is 0 Å². The third-order valence-electron chi connectivity index (χ3n) is 3.37. The molecule has 3 rings (SSSR count). The summed E-state index contributed by atoms with van der Waals surface area (Å²) in [6, 6.07) is 10.6. The van der Waals surface area contributed by atoms with Crippen molar-refractivity contribution in [2.24, 2.45) is 0 Å². The molecule has 0 saturated carbocycles. The molecule has 0 aliphatic rings. The molecule has 0 saturated heterocycles. The summed E-state index contributed by atoms with van der Waals surface area (Å²) in [5, 5.41) is 6.44. The second kappa shape index (κ2) is 7.14. The highest BCUT2D eigenvalue weighted by Crippen LogP contribution is 2.21. The Morgan fingerprint density at radius 1 is 1.25 bits per heavy atom. The van der Waals surface area contributed by atoms with Gasteiger partial charge in [0.1, 0.15) is 23.6 Å². The topological polar surface area (TPSA) is 80.0 Å². The summed E-state index contributed by atoms with van der Waals surface area (Å²) in [6.07, 6.45) is 2.94. The van der Waals surface area contributed by atoms with Gasteiger partial charge in [0.15, 0.2) is 0 Å². The van der Waals surface area contributed by atoms with Crippen LogP contribution in [-0.2, 0) is 6.54 Å². The molecule has 2 aromatic heterocycles. The highest BCUT2D eigenvalue weighted by molar-refractivity contribution is 6.31. The Hall–Kier alpha value is -2.86. The number of furan rings is 1. The number of carbonyl (C=O) groups excluding carboxylic acids is 1. The first-order valence-corrected chi connectivity index (χ1v) is 7.65. The highest BCUT2D eigenvalue weighted by atomic mass is 35.5. The van der Waals surface area contributed by atoms with Gasteiger partial charge in [0.2, 0.25) is 0 Å². The van der Waals surface area contributed by atoms with Crippen molar-refractivity contribution >= 4 is 29.0 Å². The van der Waals surface area contributed by atoms with E-state index in [2.05, 4.69) is 20.6 Å². The molecule has 3 aromatic rings. The van der Waals surface area contributed by atoms with Gasteiger partial charge in [-0.05, 0) is 36.8 Å². The first kappa shape index (κ1) is 16.0. The lowest BCUT2D eigenvalue weighted by Crippen LogP contribution is -2.15. The van der Waals surface area contributed by atoms with Gasteiger partial charge < -0.3 is 15.1 Å². The van der Waals surface area contributed by atoms with Crippen molar-refractivity contribution in [3.63, 3.8) is 0 Å². The molecule has 0 aliphatic carbocycles. The maximum Gasteiger partial charge on any atom is 0.274 e. The molecule has 0 fully saturated rings. The van der Waals surface area contributed by atoms with Crippen LogP contribution in [0.4, 0.5) is 11.5 Å². The fraction of sp³-hybridized carbons (Fsp3) is 0.118. The summed E-state index contributed by atoms with van der Waals surface area (Å²) in [6.45, 7) is 2.36. The molecule has 2 N–H and O–H groups in total. The van der Waals surface area contributed by atoms with Crippen molar-refractivity contribution < 1.29 is 9.21 Å². The third kappa shape index (κ3) is 3.91. The van der Waals surface area contributed by atoms with E-state index in [4.69, 9.17) is 16.0 Å². The Labute approximate surface area is 143 Å². The molecule has 0 aliphatic heterocycles. The van der Waals surface area contributed by atoms with Gasteiger partial charge in [0.05, 0.1) is 12.8 Å². The van der Waals surface area contributed by atoms with Crippen LogP contribution in [0.1, 0.15) is 21.8 Å². The maximum atomic E-state index is 12.4. The van der Waals surface area contributed by atoms with E-state index in [-0.39, 0.29) is 11.6 Å². The Kier molecular flexibility index (Phi) is 4.77. The van der Waals surface area contributed by atoms with Gasteiger partial charge in [-0.1, -0.05) is 17.7 Å². The molecule has 0 spiro atoms. The van der Waals surface area contributed by atoms with Crippen molar-refractivity contribution in [3.8, 4) is 0 Å². The van der Waals surface area contributed by atoms with E-state index in [1.807, 2.05) is 25.1 Å². The normalized spacial score (nSPS) is 10.4. The second-order valence-corrected chi connectivity index (χ2v) is 5.57. The molecule has 6 nitrogen and oxygen atoms in total. The number of hydrogen-bond donors (Lipinski definition) is 2. The summed E-state index contributed by atoms with van der Waals surface area (Å²) >= 11 is 5.97. The molecular weight excluding hydrogens is 328 g/mol. The molecular formula is C17H15ClN4O2. The standard InChI is InChI=1S/C17H15ClN4O2/c1-11-4-5-12(18)7-14(11)22-17(23)15-8-16(21-10-20-15)19-9-13-3-2-6-24-13/h2-8,10H,9H2,1H3,(H,22,23)(H,19,20,21). The quantitative estimate of drug-likeness (QED) is 0.735. The number of nitrogens with one attached hydrogen (secondary N) is 2. The SMILES string of the molecule is Cc1ccc(Cl)cc1NC(=O)c1cc(NCc2ccco2)ncn1. The first-order valence-electron chi connectivity index (χ1n) is 7.27. The predicted octanol–water partition coefficient (Wildman–Crippen LogP) is 3.90. The minimum atomic E-state index is -0.330.